The standard InChI is InChI=1S/C12H15Cl2F/c1-3-11(13)8(2)6-9-7-10(15)4-5-12(9)14/h4-5,7-8,11H,3,6H2,1-2H3. The minimum atomic E-state index is -0.246. The highest BCUT2D eigenvalue weighted by atomic mass is 35.5. The summed E-state index contributed by atoms with van der Waals surface area (Å²) < 4.78 is 13.0. The fraction of sp³-hybridized carbons (Fsp3) is 0.500. The van der Waals surface area contributed by atoms with E-state index in [1.807, 2.05) is 6.92 Å². The first-order valence-corrected chi connectivity index (χ1v) is 5.94. The summed E-state index contributed by atoms with van der Waals surface area (Å²) in [5.74, 6) is 0.0557. The van der Waals surface area contributed by atoms with Crippen molar-refractivity contribution in [3.05, 3.63) is 34.6 Å². The van der Waals surface area contributed by atoms with Gasteiger partial charge in [-0.15, -0.1) is 11.6 Å². The van der Waals surface area contributed by atoms with E-state index in [-0.39, 0.29) is 11.2 Å². The summed E-state index contributed by atoms with van der Waals surface area (Å²) in [6.07, 6.45) is 1.63. The predicted octanol–water partition coefficient (Wildman–Crippen LogP) is 4.68. The Morgan fingerprint density at radius 2 is 2.07 bits per heavy atom. The van der Waals surface area contributed by atoms with Crippen LogP contribution in [0.2, 0.25) is 5.02 Å². The summed E-state index contributed by atoms with van der Waals surface area (Å²) in [7, 11) is 0. The van der Waals surface area contributed by atoms with Crippen molar-refractivity contribution in [2.24, 2.45) is 5.92 Å². The van der Waals surface area contributed by atoms with Gasteiger partial charge in [-0.05, 0) is 42.5 Å². The predicted molar refractivity (Wildman–Crippen MR) is 64.2 cm³/mol. The summed E-state index contributed by atoms with van der Waals surface area (Å²) in [5.41, 5.74) is 0.836. The molecule has 0 saturated heterocycles. The van der Waals surface area contributed by atoms with E-state index >= 15 is 0 Å². The van der Waals surface area contributed by atoms with Crippen LogP contribution in [0.15, 0.2) is 18.2 Å². The van der Waals surface area contributed by atoms with E-state index in [9.17, 15) is 4.39 Å². The summed E-state index contributed by atoms with van der Waals surface area (Å²) in [6.45, 7) is 4.10. The maximum atomic E-state index is 13.0. The van der Waals surface area contributed by atoms with Gasteiger partial charge in [0.1, 0.15) is 5.82 Å². The average molecular weight is 249 g/mol. The van der Waals surface area contributed by atoms with Crippen LogP contribution >= 0.6 is 23.2 Å². The first-order valence-electron chi connectivity index (χ1n) is 5.12. The third-order valence-electron chi connectivity index (χ3n) is 2.56. The lowest BCUT2D eigenvalue weighted by atomic mass is 9.96. The smallest absolute Gasteiger partial charge is 0.123 e. The monoisotopic (exact) mass is 248 g/mol. The number of benzene rings is 1. The molecule has 0 aliphatic carbocycles. The Labute approximate surface area is 100 Å². The molecule has 15 heavy (non-hydrogen) atoms. The number of alkyl halides is 1. The molecule has 0 amide bonds. The van der Waals surface area contributed by atoms with Crippen molar-refractivity contribution in [3.8, 4) is 0 Å². The van der Waals surface area contributed by atoms with E-state index in [1.165, 1.54) is 12.1 Å². The van der Waals surface area contributed by atoms with E-state index in [0.29, 0.717) is 10.9 Å². The molecule has 0 aromatic heterocycles. The van der Waals surface area contributed by atoms with Crippen LogP contribution in [0, 0.1) is 11.7 Å². The van der Waals surface area contributed by atoms with Crippen LogP contribution in [-0.2, 0) is 6.42 Å². The van der Waals surface area contributed by atoms with Gasteiger partial charge >= 0.3 is 0 Å². The molecule has 0 bridgehead atoms. The SMILES string of the molecule is CCC(Cl)C(C)Cc1cc(F)ccc1Cl. The molecule has 0 fully saturated rings. The Morgan fingerprint density at radius 1 is 1.40 bits per heavy atom. The number of rotatable bonds is 4. The van der Waals surface area contributed by atoms with Gasteiger partial charge in [0, 0.05) is 10.4 Å². The lowest BCUT2D eigenvalue weighted by molar-refractivity contribution is 0.528. The van der Waals surface area contributed by atoms with Gasteiger partial charge in [-0.25, -0.2) is 4.39 Å². The topological polar surface area (TPSA) is 0 Å². The zero-order valence-corrected chi connectivity index (χ0v) is 10.4. The fourth-order valence-electron chi connectivity index (χ4n) is 1.58. The van der Waals surface area contributed by atoms with Gasteiger partial charge in [0.15, 0.2) is 0 Å². The highest BCUT2D eigenvalue weighted by molar-refractivity contribution is 6.31. The van der Waals surface area contributed by atoms with Crippen LogP contribution < -0.4 is 0 Å². The lowest BCUT2D eigenvalue weighted by Crippen LogP contribution is -2.13. The summed E-state index contributed by atoms with van der Waals surface area (Å²) >= 11 is 12.1. The number of hydrogen-bond acceptors (Lipinski definition) is 0. The Bertz CT molecular complexity index is 325. The van der Waals surface area contributed by atoms with Gasteiger partial charge in [0.25, 0.3) is 0 Å². The van der Waals surface area contributed by atoms with E-state index in [2.05, 4.69) is 6.92 Å². The zero-order valence-electron chi connectivity index (χ0n) is 8.93. The molecule has 1 rings (SSSR count). The average Bonchev–Trinajstić information content (AvgIpc) is 2.22. The van der Waals surface area contributed by atoms with Crippen molar-refractivity contribution in [1.82, 2.24) is 0 Å². The molecule has 0 heterocycles. The second kappa shape index (κ2) is 5.72. The third kappa shape index (κ3) is 3.66. The second-order valence-electron chi connectivity index (χ2n) is 3.84. The van der Waals surface area contributed by atoms with E-state index < -0.39 is 0 Å². The van der Waals surface area contributed by atoms with Gasteiger partial charge in [-0.2, -0.15) is 0 Å². The van der Waals surface area contributed by atoms with Crippen LogP contribution in [0.3, 0.4) is 0 Å². The van der Waals surface area contributed by atoms with E-state index in [1.54, 1.807) is 6.07 Å². The first kappa shape index (κ1) is 12.8. The highest BCUT2D eigenvalue weighted by Gasteiger charge is 2.14. The van der Waals surface area contributed by atoms with Crippen LogP contribution in [0.25, 0.3) is 0 Å². The normalized spacial score (nSPS) is 15.0. The van der Waals surface area contributed by atoms with Crippen molar-refractivity contribution < 1.29 is 4.39 Å². The highest BCUT2D eigenvalue weighted by Crippen LogP contribution is 2.24. The molecule has 0 radical (unpaired) electrons. The van der Waals surface area contributed by atoms with Gasteiger partial charge < -0.3 is 0 Å². The van der Waals surface area contributed by atoms with Gasteiger partial charge in [0.05, 0.1) is 0 Å². The molecule has 0 N–H and O–H groups in total. The maximum Gasteiger partial charge on any atom is 0.123 e. The zero-order chi connectivity index (χ0) is 11.4. The molecule has 2 atom stereocenters. The maximum absolute atomic E-state index is 13.0. The van der Waals surface area contributed by atoms with Crippen LogP contribution in [0.1, 0.15) is 25.8 Å². The molecule has 1 aromatic rings. The summed E-state index contributed by atoms with van der Waals surface area (Å²) in [5, 5.41) is 0.729. The minimum absolute atomic E-state index is 0.115. The van der Waals surface area contributed by atoms with Crippen molar-refractivity contribution in [3.63, 3.8) is 0 Å². The Morgan fingerprint density at radius 3 is 2.67 bits per heavy atom. The largest absolute Gasteiger partial charge is 0.207 e. The number of halogens is 3. The second-order valence-corrected chi connectivity index (χ2v) is 4.81. The quantitative estimate of drug-likeness (QED) is 0.680. The van der Waals surface area contributed by atoms with Crippen molar-refractivity contribution in [2.75, 3.05) is 0 Å². The van der Waals surface area contributed by atoms with Crippen molar-refractivity contribution in [2.45, 2.75) is 32.1 Å². The van der Waals surface area contributed by atoms with E-state index in [4.69, 9.17) is 23.2 Å². The Hall–Kier alpha value is -0.270. The van der Waals surface area contributed by atoms with Gasteiger partial charge in [-0.3, -0.25) is 0 Å². The molecule has 0 aliphatic heterocycles. The van der Waals surface area contributed by atoms with Gasteiger partial charge in [0.2, 0.25) is 0 Å². The Kier molecular flexibility index (Phi) is 4.88. The molecule has 0 aliphatic rings. The summed E-state index contributed by atoms with van der Waals surface area (Å²) in [6, 6.07) is 4.45. The Balaban J connectivity index is 2.75. The lowest BCUT2D eigenvalue weighted by Gasteiger charge is -2.16. The molecule has 1 aromatic carbocycles. The van der Waals surface area contributed by atoms with E-state index in [0.717, 1.165) is 18.4 Å². The first-order chi connectivity index (χ1) is 7.04. The van der Waals surface area contributed by atoms with Crippen LogP contribution in [0.5, 0.6) is 0 Å². The fourth-order valence-corrected chi connectivity index (χ4v) is 1.86. The molecule has 0 saturated carbocycles. The van der Waals surface area contributed by atoms with Crippen molar-refractivity contribution >= 4 is 23.2 Å². The van der Waals surface area contributed by atoms with Crippen LogP contribution in [-0.4, -0.2) is 5.38 Å². The third-order valence-corrected chi connectivity index (χ3v) is 3.66. The minimum Gasteiger partial charge on any atom is -0.207 e. The van der Waals surface area contributed by atoms with Gasteiger partial charge in [-0.1, -0.05) is 25.4 Å². The van der Waals surface area contributed by atoms with Crippen LogP contribution in [0.4, 0.5) is 4.39 Å². The molecular formula is C12H15Cl2F. The molecule has 3 heteroatoms. The molecule has 0 nitrogen and oxygen atoms in total. The molecule has 0 spiro atoms. The summed E-state index contributed by atoms with van der Waals surface area (Å²) in [4.78, 5) is 0. The van der Waals surface area contributed by atoms with Crippen molar-refractivity contribution in [1.29, 1.82) is 0 Å². The molecular weight excluding hydrogens is 234 g/mol. The molecule has 2 unspecified atom stereocenters. The molecule has 84 valence electrons. The number of hydrogen-bond donors (Lipinski definition) is 0.